The highest BCUT2D eigenvalue weighted by atomic mass is 16.2. The highest BCUT2D eigenvalue weighted by Gasteiger charge is 2.25. The van der Waals surface area contributed by atoms with E-state index >= 15 is 0 Å². The lowest BCUT2D eigenvalue weighted by molar-refractivity contribution is 0.0667. The summed E-state index contributed by atoms with van der Waals surface area (Å²) in [5.74, 6) is 0.437. The molecule has 2 aromatic heterocycles. The minimum Gasteiger partial charge on any atom is -0.337 e. The van der Waals surface area contributed by atoms with E-state index in [-0.39, 0.29) is 5.91 Å². The van der Waals surface area contributed by atoms with Crippen LogP contribution in [0.15, 0.2) is 55.1 Å². The van der Waals surface area contributed by atoms with E-state index in [2.05, 4.69) is 27.1 Å². The number of pyridine rings is 1. The zero-order valence-electron chi connectivity index (χ0n) is 14.0. The van der Waals surface area contributed by atoms with E-state index in [1.807, 2.05) is 29.3 Å². The molecule has 0 saturated carbocycles. The van der Waals surface area contributed by atoms with Crippen molar-refractivity contribution in [3.8, 4) is 0 Å². The van der Waals surface area contributed by atoms with Crippen LogP contribution < -0.4 is 0 Å². The summed E-state index contributed by atoms with van der Waals surface area (Å²) in [5, 5.41) is 1.17. The molecule has 1 saturated heterocycles. The van der Waals surface area contributed by atoms with Crippen molar-refractivity contribution in [3.63, 3.8) is 0 Å². The predicted octanol–water partition coefficient (Wildman–Crippen LogP) is 3.12. The summed E-state index contributed by atoms with van der Waals surface area (Å²) in [4.78, 5) is 27.2. The first-order chi connectivity index (χ1) is 12.3. The Bertz CT molecular complexity index is 881. The molecule has 1 aliphatic heterocycles. The summed E-state index contributed by atoms with van der Waals surface area (Å²) in [5.41, 5.74) is 2.68. The molecule has 1 aliphatic rings. The number of piperidine rings is 1. The van der Waals surface area contributed by atoms with Gasteiger partial charge in [0, 0.05) is 37.1 Å². The Morgan fingerprint density at radius 3 is 2.96 bits per heavy atom. The van der Waals surface area contributed by atoms with E-state index in [4.69, 9.17) is 0 Å². The van der Waals surface area contributed by atoms with E-state index in [0.717, 1.165) is 37.9 Å². The number of carbonyl (C=O) groups excluding carboxylic acids is 1. The van der Waals surface area contributed by atoms with Gasteiger partial charge in [-0.1, -0.05) is 18.2 Å². The predicted molar refractivity (Wildman–Crippen MR) is 96.1 cm³/mol. The molecule has 4 rings (SSSR count). The maximum absolute atomic E-state index is 12.6. The minimum absolute atomic E-state index is 0.0190. The number of para-hydroxylation sites is 1. The summed E-state index contributed by atoms with van der Waals surface area (Å²) in [6.45, 7) is 1.56. The van der Waals surface area contributed by atoms with Crippen molar-refractivity contribution in [1.29, 1.82) is 0 Å². The fraction of sp³-hybridized carbons (Fsp3) is 0.300. The van der Waals surface area contributed by atoms with Gasteiger partial charge in [0.25, 0.3) is 5.91 Å². The fourth-order valence-corrected chi connectivity index (χ4v) is 3.55. The number of likely N-dealkylation sites (tertiary alicyclic amines) is 1. The van der Waals surface area contributed by atoms with E-state index < -0.39 is 0 Å². The lowest BCUT2D eigenvalue weighted by atomic mass is 9.91. The van der Waals surface area contributed by atoms with Crippen LogP contribution in [-0.2, 0) is 6.42 Å². The van der Waals surface area contributed by atoms with Crippen LogP contribution in [0.1, 0.15) is 28.9 Å². The van der Waals surface area contributed by atoms with Gasteiger partial charge in [-0.25, -0.2) is 4.98 Å². The number of carbonyl (C=O) groups is 1. The van der Waals surface area contributed by atoms with Gasteiger partial charge in [0.1, 0.15) is 5.69 Å². The summed E-state index contributed by atoms with van der Waals surface area (Å²) < 4.78 is 0. The normalized spacial score (nSPS) is 17.6. The van der Waals surface area contributed by atoms with Gasteiger partial charge in [0.05, 0.1) is 11.7 Å². The number of fused-ring (bicyclic) bond motifs is 1. The third kappa shape index (κ3) is 3.50. The van der Waals surface area contributed by atoms with Gasteiger partial charge >= 0.3 is 0 Å². The van der Waals surface area contributed by atoms with Crippen molar-refractivity contribution in [2.75, 3.05) is 13.1 Å². The smallest absolute Gasteiger partial charge is 0.274 e. The molecule has 0 radical (unpaired) electrons. The molecule has 1 amide bonds. The lowest BCUT2D eigenvalue weighted by Crippen LogP contribution is -2.40. The summed E-state index contributed by atoms with van der Waals surface area (Å²) in [6, 6.07) is 10.4. The Morgan fingerprint density at radius 1 is 1.16 bits per heavy atom. The van der Waals surface area contributed by atoms with E-state index in [0.29, 0.717) is 11.6 Å². The molecule has 0 spiro atoms. The van der Waals surface area contributed by atoms with Crippen molar-refractivity contribution >= 4 is 16.8 Å². The van der Waals surface area contributed by atoms with Crippen LogP contribution in [0.4, 0.5) is 0 Å². The molecule has 0 N–H and O–H groups in total. The highest BCUT2D eigenvalue weighted by Crippen LogP contribution is 2.23. The number of nitrogens with zero attached hydrogens (tertiary/aromatic N) is 4. The Kier molecular flexibility index (Phi) is 4.37. The molecule has 0 aliphatic carbocycles. The van der Waals surface area contributed by atoms with Crippen LogP contribution in [0.3, 0.4) is 0 Å². The van der Waals surface area contributed by atoms with Gasteiger partial charge in [-0.15, -0.1) is 0 Å². The van der Waals surface area contributed by atoms with Crippen LogP contribution in [0.5, 0.6) is 0 Å². The van der Waals surface area contributed by atoms with Gasteiger partial charge < -0.3 is 4.90 Å². The second-order valence-corrected chi connectivity index (χ2v) is 6.59. The average molecular weight is 332 g/mol. The van der Waals surface area contributed by atoms with Crippen molar-refractivity contribution in [2.45, 2.75) is 19.3 Å². The number of amides is 1. The quantitative estimate of drug-likeness (QED) is 0.739. The van der Waals surface area contributed by atoms with Crippen LogP contribution in [0.25, 0.3) is 10.9 Å². The number of hydrogen-bond acceptors (Lipinski definition) is 4. The van der Waals surface area contributed by atoms with Gasteiger partial charge in [0.15, 0.2) is 0 Å². The third-order valence-corrected chi connectivity index (χ3v) is 4.76. The molecule has 5 heteroatoms. The standard InChI is InChI=1S/C20H20N4O/c25-20(19-13-21-7-8-22-19)24-9-3-4-15(14-24)10-16-11-17-5-1-2-6-18(17)23-12-16/h1-2,5-8,11-13,15H,3-4,9-10,14H2. The van der Waals surface area contributed by atoms with Crippen LogP contribution >= 0.6 is 0 Å². The Morgan fingerprint density at radius 2 is 2.08 bits per heavy atom. The average Bonchev–Trinajstić information content (AvgIpc) is 2.68. The number of hydrogen-bond donors (Lipinski definition) is 0. The molecule has 1 fully saturated rings. The second-order valence-electron chi connectivity index (χ2n) is 6.59. The van der Waals surface area contributed by atoms with Gasteiger partial charge in [-0.2, -0.15) is 0 Å². The van der Waals surface area contributed by atoms with Crippen LogP contribution in [0, 0.1) is 5.92 Å². The number of aromatic nitrogens is 3. The zero-order chi connectivity index (χ0) is 17.1. The van der Waals surface area contributed by atoms with E-state index in [9.17, 15) is 4.79 Å². The molecule has 0 bridgehead atoms. The Labute approximate surface area is 146 Å². The van der Waals surface area contributed by atoms with Crippen LogP contribution in [0.2, 0.25) is 0 Å². The molecule has 1 atom stereocenters. The zero-order valence-corrected chi connectivity index (χ0v) is 14.0. The first-order valence-electron chi connectivity index (χ1n) is 8.68. The molecule has 25 heavy (non-hydrogen) atoms. The van der Waals surface area contributed by atoms with Crippen molar-refractivity contribution in [3.05, 3.63) is 66.4 Å². The molecule has 1 aromatic carbocycles. The molecule has 3 heterocycles. The molecule has 126 valence electrons. The highest BCUT2D eigenvalue weighted by molar-refractivity contribution is 5.92. The second kappa shape index (κ2) is 6.97. The van der Waals surface area contributed by atoms with E-state index in [1.165, 1.54) is 10.9 Å². The number of rotatable bonds is 3. The first-order valence-corrected chi connectivity index (χ1v) is 8.68. The maximum atomic E-state index is 12.6. The molecular weight excluding hydrogens is 312 g/mol. The van der Waals surface area contributed by atoms with Crippen molar-refractivity contribution < 1.29 is 4.79 Å². The summed E-state index contributed by atoms with van der Waals surface area (Å²) >= 11 is 0. The van der Waals surface area contributed by atoms with Crippen LogP contribution in [-0.4, -0.2) is 38.8 Å². The van der Waals surface area contributed by atoms with Gasteiger partial charge in [0.2, 0.25) is 0 Å². The van der Waals surface area contributed by atoms with Crippen molar-refractivity contribution in [1.82, 2.24) is 19.9 Å². The maximum Gasteiger partial charge on any atom is 0.274 e. The molecule has 5 nitrogen and oxygen atoms in total. The molecule has 3 aromatic rings. The summed E-state index contributed by atoms with van der Waals surface area (Å²) in [6.07, 6.45) is 9.76. The minimum atomic E-state index is -0.0190. The topological polar surface area (TPSA) is 59.0 Å². The SMILES string of the molecule is O=C(c1cnccn1)N1CCCC(Cc2cnc3ccccc3c2)C1. The van der Waals surface area contributed by atoms with Gasteiger partial charge in [-0.3, -0.25) is 14.8 Å². The fourth-order valence-electron chi connectivity index (χ4n) is 3.55. The lowest BCUT2D eigenvalue weighted by Gasteiger charge is -2.32. The van der Waals surface area contributed by atoms with Crippen molar-refractivity contribution in [2.24, 2.45) is 5.92 Å². The Balaban J connectivity index is 1.46. The molecular formula is C20H20N4O. The third-order valence-electron chi connectivity index (χ3n) is 4.76. The first kappa shape index (κ1) is 15.7. The van der Waals surface area contributed by atoms with E-state index in [1.54, 1.807) is 18.6 Å². The molecule has 1 unspecified atom stereocenters. The summed E-state index contributed by atoms with van der Waals surface area (Å²) in [7, 11) is 0. The largest absolute Gasteiger partial charge is 0.337 e. The van der Waals surface area contributed by atoms with Gasteiger partial charge in [-0.05, 0) is 42.9 Å². The number of benzene rings is 1. The monoisotopic (exact) mass is 332 g/mol. The Hall–Kier alpha value is -2.82.